The first-order chi connectivity index (χ1) is 8.47. The highest BCUT2D eigenvalue weighted by Crippen LogP contribution is 2.04. The Hall–Kier alpha value is -1.59. The zero-order chi connectivity index (χ0) is 14.0. The van der Waals surface area contributed by atoms with Gasteiger partial charge in [0.05, 0.1) is 7.11 Å². The Morgan fingerprint density at radius 1 is 1.06 bits per heavy atom. The summed E-state index contributed by atoms with van der Waals surface area (Å²) < 4.78 is 4.50. The monoisotopic (exact) mass is 259 g/mol. The van der Waals surface area contributed by atoms with E-state index < -0.39 is 5.97 Å². The molecule has 0 saturated carbocycles. The van der Waals surface area contributed by atoms with E-state index in [9.17, 15) is 14.4 Å². The van der Waals surface area contributed by atoms with Crippen LogP contribution in [0.25, 0.3) is 0 Å². The number of amides is 1. The maximum Gasteiger partial charge on any atom is 0.305 e. The summed E-state index contributed by atoms with van der Waals surface area (Å²) >= 11 is 0. The predicted molar refractivity (Wildman–Crippen MR) is 65.0 cm³/mol. The van der Waals surface area contributed by atoms with Crippen molar-refractivity contribution in [2.24, 2.45) is 0 Å². The number of carbonyl (C=O) groups excluding carboxylic acids is 2. The lowest BCUT2D eigenvalue weighted by atomic mass is 10.2. The van der Waals surface area contributed by atoms with Gasteiger partial charge in [0, 0.05) is 32.9 Å². The van der Waals surface area contributed by atoms with Crippen molar-refractivity contribution >= 4 is 17.8 Å². The summed E-state index contributed by atoms with van der Waals surface area (Å²) in [5.41, 5.74) is 0. The molecule has 1 N–H and O–H groups in total. The Labute approximate surface area is 107 Å². The Bertz CT molecular complexity index is 290. The van der Waals surface area contributed by atoms with Crippen LogP contribution in [0.2, 0.25) is 0 Å². The molecule has 1 amide bonds. The van der Waals surface area contributed by atoms with Crippen molar-refractivity contribution in [3.8, 4) is 0 Å². The largest absolute Gasteiger partial charge is 0.481 e. The number of unbranched alkanes of at least 4 members (excludes halogenated alkanes) is 1. The second kappa shape index (κ2) is 9.44. The summed E-state index contributed by atoms with van der Waals surface area (Å²) in [5, 5.41) is 8.44. The summed E-state index contributed by atoms with van der Waals surface area (Å²) in [5.74, 6) is -1.14. The molecule has 0 aromatic heterocycles. The molecular formula is C12H21NO5. The highest BCUT2D eigenvalue weighted by molar-refractivity contribution is 5.76. The quantitative estimate of drug-likeness (QED) is 0.494. The van der Waals surface area contributed by atoms with E-state index in [0.29, 0.717) is 38.6 Å². The number of carbonyl (C=O) groups is 3. The molecule has 0 aliphatic carbocycles. The van der Waals surface area contributed by atoms with Crippen LogP contribution in [0.3, 0.4) is 0 Å². The summed E-state index contributed by atoms with van der Waals surface area (Å²) in [6.07, 6.45) is 2.40. The second-order valence-electron chi connectivity index (χ2n) is 4.10. The van der Waals surface area contributed by atoms with Gasteiger partial charge in [0.15, 0.2) is 0 Å². The van der Waals surface area contributed by atoms with Crippen molar-refractivity contribution in [3.63, 3.8) is 0 Å². The van der Waals surface area contributed by atoms with Crippen LogP contribution in [0.4, 0.5) is 0 Å². The molecule has 0 aromatic rings. The normalized spacial score (nSPS) is 9.89. The predicted octanol–water partition coefficient (Wildman–Crippen LogP) is 1.04. The van der Waals surface area contributed by atoms with Crippen molar-refractivity contribution in [3.05, 3.63) is 0 Å². The lowest BCUT2D eigenvalue weighted by molar-refractivity contribution is -0.141. The first kappa shape index (κ1) is 16.4. The number of esters is 1. The fourth-order valence-electron chi connectivity index (χ4n) is 1.43. The van der Waals surface area contributed by atoms with Gasteiger partial charge >= 0.3 is 11.9 Å². The van der Waals surface area contributed by atoms with Crippen molar-refractivity contribution < 1.29 is 24.2 Å². The Morgan fingerprint density at radius 2 is 1.67 bits per heavy atom. The van der Waals surface area contributed by atoms with Crippen molar-refractivity contribution in [2.75, 3.05) is 20.7 Å². The Morgan fingerprint density at radius 3 is 2.22 bits per heavy atom. The van der Waals surface area contributed by atoms with E-state index in [-0.39, 0.29) is 18.3 Å². The molecule has 0 aromatic carbocycles. The van der Waals surface area contributed by atoms with Crippen LogP contribution in [-0.4, -0.2) is 48.6 Å². The highest BCUT2D eigenvalue weighted by atomic mass is 16.5. The van der Waals surface area contributed by atoms with Crippen LogP contribution in [0.15, 0.2) is 0 Å². The van der Waals surface area contributed by atoms with Gasteiger partial charge in [-0.1, -0.05) is 0 Å². The molecule has 18 heavy (non-hydrogen) atoms. The molecule has 0 saturated heterocycles. The van der Waals surface area contributed by atoms with E-state index in [1.165, 1.54) is 7.11 Å². The third-order valence-corrected chi connectivity index (χ3v) is 2.56. The number of methoxy groups -OCH3 is 1. The number of hydrogen-bond acceptors (Lipinski definition) is 4. The molecule has 0 atom stereocenters. The zero-order valence-electron chi connectivity index (χ0n) is 11.0. The number of carboxylic acid groups (broad SMARTS) is 1. The minimum Gasteiger partial charge on any atom is -0.481 e. The van der Waals surface area contributed by atoms with Crippen LogP contribution >= 0.6 is 0 Å². The zero-order valence-corrected chi connectivity index (χ0v) is 11.0. The molecule has 0 bridgehead atoms. The standard InChI is InChI=1S/C12H21NO5/c1-13(9-5-8-12(17)18-2)10(14)6-3-4-7-11(15)16/h3-9H2,1-2H3,(H,15,16). The molecule has 6 heteroatoms. The SMILES string of the molecule is COC(=O)CCCN(C)C(=O)CCCCC(=O)O. The van der Waals surface area contributed by atoms with Gasteiger partial charge in [-0.05, 0) is 19.3 Å². The number of hydrogen-bond donors (Lipinski definition) is 1. The van der Waals surface area contributed by atoms with Gasteiger partial charge in [0.25, 0.3) is 0 Å². The van der Waals surface area contributed by atoms with Crippen molar-refractivity contribution in [2.45, 2.75) is 38.5 Å². The fourth-order valence-corrected chi connectivity index (χ4v) is 1.43. The van der Waals surface area contributed by atoms with Gasteiger partial charge < -0.3 is 14.7 Å². The summed E-state index contributed by atoms with van der Waals surface area (Å²) in [4.78, 5) is 34.3. The molecule has 0 fully saturated rings. The van der Waals surface area contributed by atoms with Gasteiger partial charge in [-0.15, -0.1) is 0 Å². The van der Waals surface area contributed by atoms with Crippen LogP contribution in [0, 0.1) is 0 Å². The van der Waals surface area contributed by atoms with Crippen LogP contribution in [-0.2, 0) is 19.1 Å². The molecule has 0 aliphatic heterocycles. The summed E-state index contributed by atoms with van der Waals surface area (Å²) in [6.45, 7) is 0.507. The number of rotatable bonds is 9. The van der Waals surface area contributed by atoms with Crippen molar-refractivity contribution in [1.82, 2.24) is 4.90 Å². The minimum absolute atomic E-state index is 0.0229. The first-order valence-electron chi connectivity index (χ1n) is 6.00. The molecule has 0 heterocycles. The van der Waals surface area contributed by atoms with Gasteiger partial charge in [0.2, 0.25) is 5.91 Å². The highest BCUT2D eigenvalue weighted by Gasteiger charge is 2.09. The molecule has 0 rings (SSSR count). The van der Waals surface area contributed by atoms with E-state index in [1.807, 2.05) is 0 Å². The van der Waals surface area contributed by atoms with E-state index in [4.69, 9.17) is 5.11 Å². The second-order valence-corrected chi connectivity index (χ2v) is 4.10. The van der Waals surface area contributed by atoms with Gasteiger partial charge in [-0.3, -0.25) is 14.4 Å². The molecule has 6 nitrogen and oxygen atoms in total. The molecule has 0 spiro atoms. The third kappa shape index (κ3) is 8.55. The number of aliphatic carboxylic acids is 1. The summed E-state index contributed by atoms with van der Waals surface area (Å²) in [6, 6.07) is 0. The van der Waals surface area contributed by atoms with Gasteiger partial charge in [-0.25, -0.2) is 0 Å². The van der Waals surface area contributed by atoms with Gasteiger partial charge in [-0.2, -0.15) is 0 Å². The number of nitrogens with zero attached hydrogens (tertiary/aromatic N) is 1. The average Bonchev–Trinajstić information content (AvgIpc) is 2.33. The fraction of sp³-hybridized carbons (Fsp3) is 0.750. The van der Waals surface area contributed by atoms with Crippen LogP contribution < -0.4 is 0 Å². The smallest absolute Gasteiger partial charge is 0.305 e. The average molecular weight is 259 g/mol. The van der Waals surface area contributed by atoms with Crippen molar-refractivity contribution in [1.29, 1.82) is 0 Å². The Kier molecular flexibility index (Phi) is 8.61. The van der Waals surface area contributed by atoms with E-state index >= 15 is 0 Å². The lowest BCUT2D eigenvalue weighted by Gasteiger charge is -2.16. The van der Waals surface area contributed by atoms with E-state index in [1.54, 1.807) is 11.9 Å². The number of ether oxygens (including phenoxy) is 1. The lowest BCUT2D eigenvalue weighted by Crippen LogP contribution is -2.27. The van der Waals surface area contributed by atoms with Gasteiger partial charge in [0.1, 0.15) is 0 Å². The Balaban J connectivity index is 3.63. The number of carboxylic acids is 1. The topological polar surface area (TPSA) is 83.9 Å². The molecular weight excluding hydrogens is 238 g/mol. The maximum atomic E-state index is 11.6. The molecule has 0 aliphatic rings. The van der Waals surface area contributed by atoms with Crippen LogP contribution in [0.1, 0.15) is 38.5 Å². The van der Waals surface area contributed by atoms with E-state index in [0.717, 1.165) is 0 Å². The van der Waals surface area contributed by atoms with E-state index in [2.05, 4.69) is 4.74 Å². The maximum absolute atomic E-state index is 11.6. The van der Waals surface area contributed by atoms with Crippen LogP contribution in [0.5, 0.6) is 0 Å². The molecule has 0 unspecified atom stereocenters. The first-order valence-corrected chi connectivity index (χ1v) is 6.00. The molecule has 104 valence electrons. The third-order valence-electron chi connectivity index (χ3n) is 2.56. The summed E-state index contributed by atoms with van der Waals surface area (Å²) in [7, 11) is 3.01. The minimum atomic E-state index is -0.839. The molecule has 0 radical (unpaired) electrons.